The second kappa shape index (κ2) is 10.5. The number of likely N-dealkylation sites (tertiary alicyclic amines) is 1. The van der Waals surface area contributed by atoms with Gasteiger partial charge < -0.3 is 24.9 Å². The Bertz CT molecular complexity index is 1170. The first-order valence-corrected chi connectivity index (χ1v) is 16.2. The number of hydrogen-bond acceptors (Lipinski definition) is 5. The molecule has 1 aliphatic heterocycles. The summed E-state index contributed by atoms with van der Waals surface area (Å²) in [6.45, 7) is 12.9. The fourth-order valence-corrected chi connectivity index (χ4v) is 6.68. The normalized spacial score (nSPS) is 17.4. The third kappa shape index (κ3) is 5.63. The van der Waals surface area contributed by atoms with E-state index in [2.05, 4.69) is 60.1 Å². The minimum Gasteiger partial charge on any atom is -0.465 e. The number of piperidine rings is 1. The molecule has 0 spiro atoms. The van der Waals surface area contributed by atoms with Crippen molar-refractivity contribution in [3.63, 3.8) is 0 Å². The van der Waals surface area contributed by atoms with Crippen LogP contribution in [0.3, 0.4) is 0 Å². The summed E-state index contributed by atoms with van der Waals surface area (Å²) in [5, 5.41) is 23.5. The number of anilines is 1. The molecule has 3 rings (SSSR count). The van der Waals surface area contributed by atoms with Crippen molar-refractivity contribution >= 4 is 70.1 Å². The molecule has 1 amide bonds. The number of hydrogen-bond donors (Lipinski definition) is 3. The van der Waals surface area contributed by atoms with Crippen molar-refractivity contribution in [2.75, 3.05) is 18.4 Å². The number of halogens is 4. The number of nitrogens with zero attached hydrogens (tertiary/aromatic N) is 2. The maximum atomic E-state index is 15.2. The van der Waals surface area contributed by atoms with Crippen LogP contribution in [0.4, 0.5) is 14.9 Å². The Morgan fingerprint density at radius 2 is 1.89 bits per heavy atom. The van der Waals surface area contributed by atoms with Gasteiger partial charge in [0.05, 0.1) is 21.8 Å². The molecule has 1 unspecified atom stereocenters. The van der Waals surface area contributed by atoms with Crippen LogP contribution in [0.15, 0.2) is 10.5 Å². The monoisotopic (exact) mass is 623 g/mol. The van der Waals surface area contributed by atoms with Gasteiger partial charge in [0.2, 0.25) is 0 Å². The lowest BCUT2D eigenvalue weighted by Gasteiger charge is -2.50. The van der Waals surface area contributed by atoms with E-state index >= 15 is 4.39 Å². The van der Waals surface area contributed by atoms with Crippen LogP contribution < -0.4 is 5.32 Å². The summed E-state index contributed by atoms with van der Waals surface area (Å²) >= 11 is 15.9. The van der Waals surface area contributed by atoms with Gasteiger partial charge in [-0.15, -0.1) is 0 Å². The van der Waals surface area contributed by atoms with Crippen molar-refractivity contribution in [3.05, 3.63) is 32.1 Å². The van der Waals surface area contributed by atoms with Gasteiger partial charge in [-0.05, 0) is 59.9 Å². The molecule has 2 heterocycles. The number of amides is 1. The van der Waals surface area contributed by atoms with Gasteiger partial charge in [0.15, 0.2) is 14.1 Å². The van der Waals surface area contributed by atoms with Gasteiger partial charge in [0, 0.05) is 30.0 Å². The van der Waals surface area contributed by atoms with E-state index in [0.29, 0.717) is 42.6 Å². The molecular weight excluding hydrogens is 592 g/mol. The van der Waals surface area contributed by atoms with Crippen molar-refractivity contribution in [1.82, 2.24) is 9.88 Å². The van der Waals surface area contributed by atoms with Crippen LogP contribution >= 0.6 is 39.1 Å². The molecule has 1 aromatic carbocycles. The Morgan fingerprint density at radius 1 is 1.31 bits per heavy atom. The third-order valence-corrected chi connectivity index (χ3v) is 13.7. The summed E-state index contributed by atoms with van der Waals surface area (Å²) in [6, 6.07) is 1.58. The molecule has 1 fully saturated rings. The lowest BCUT2D eigenvalue weighted by Crippen LogP contribution is -2.57. The predicted molar refractivity (Wildman–Crippen MR) is 148 cm³/mol. The van der Waals surface area contributed by atoms with Gasteiger partial charge in [-0.3, -0.25) is 0 Å². The first kappa shape index (κ1) is 29.4. The standard InChI is InChI=1S/C24H33BrCl2FN3O4Si/c1-23(2,3)36(5,6)35-24(4,13-7-9-31(10-8-13)22(33)34)30-19-14-11-16(26)17(25)18(28)20(14)29-21(27)15(19)12-32/h11,13,32H,7-10,12H2,1-6H3,(H,29,30)(H,33,34). The maximum Gasteiger partial charge on any atom is 0.407 e. The Balaban J connectivity index is 2.19. The van der Waals surface area contributed by atoms with E-state index in [1.165, 1.54) is 4.90 Å². The molecule has 36 heavy (non-hydrogen) atoms. The number of nitrogens with one attached hydrogen (secondary N) is 1. The van der Waals surface area contributed by atoms with Crippen LogP contribution in [0.2, 0.25) is 28.3 Å². The largest absolute Gasteiger partial charge is 0.465 e. The molecule has 0 radical (unpaired) electrons. The van der Waals surface area contributed by atoms with E-state index in [4.69, 9.17) is 27.6 Å². The minimum absolute atomic E-state index is 0.00588. The summed E-state index contributed by atoms with van der Waals surface area (Å²) < 4.78 is 22.2. The molecule has 1 aliphatic rings. The Hall–Kier alpha value is -1.17. The zero-order chi connectivity index (χ0) is 27.2. The fraction of sp³-hybridized carbons (Fsp3) is 0.583. The number of aromatic nitrogens is 1. The molecule has 200 valence electrons. The number of aliphatic hydroxyl groups is 1. The van der Waals surface area contributed by atoms with Gasteiger partial charge in [-0.1, -0.05) is 44.0 Å². The number of carboxylic acid groups (broad SMARTS) is 1. The molecule has 1 atom stereocenters. The first-order chi connectivity index (χ1) is 16.5. The fourth-order valence-electron chi connectivity index (χ4n) is 4.37. The van der Waals surface area contributed by atoms with Crippen LogP contribution in [-0.4, -0.2) is 53.3 Å². The molecule has 1 aromatic heterocycles. The lowest BCUT2D eigenvalue weighted by molar-refractivity contribution is 0.00728. The molecule has 3 N–H and O–H groups in total. The van der Waals surface area contributed by atoms with Gasteiger partial charge in [0.1, 0.15) is 16.4 Å². The highest BCUT2D eigenvalue weighted by Crippen LogP contribution is 2.45. The van der Waals surface area contributed by atoms with Crippen molar-refractivity contribution in [1.29, 1.82) is 0 Å². The second-order valence-electron chi connectivity index (χ2n) is 10.9. The number of carbonyl (C=O) groups is 1. The summed E-state index contributed by atoms with van der Waals surface area (Å²) in [5.41, 5.74) is -0.283. The first-order valence-electron chi connectivity index (χ1n) is 11.7. The molecule has 7 nitrogen and oxygen atoms in total. The Morgan fingerprint density at radius 3 is 2.39 bits per heavy atom. The number of benzene rings is 1. The van der Waals surface area contributed by atoms with E-state index in [0.717, 1.165) is 0 Å². The average molecular weight is 625 g/mol. The van der Waals surface area contributed by atoms with Crippen LogP contribution in [0.25, 0.3) is 10.9 Å². The van der Waals surface area contributed by atoms with Crippen molar-refractivity contribution < 1.29 is 23.8 Å². The molecule has 12 heteroatoms. The highest BCUT2D eigenvalue weighted by molar-refractivity contribution is 9.10. The zero-order valence-corrected chi connectivity index (χ0v) is 25.4. The summed E-state index contributed by atoms with van der Waals surface area (Å²) in [5.74, 6) is -0.736. The van der Waals surface area contributed by atoms with Gasteiger partial charge in [-0.25, -0.2) is 14.2 Å². The van der Waals surface area contributed by atoms with Crippen molar-refractivity contribution in [3.8, 4) is 0 Å². The van der Waals surface area contributed by atoms with Crippen LogP contribution in [0.1, 0.15) is 46.1 Å². The highest BCUT2D eigenvalue weighted by atomic mass is 79.9. The summed E-state index contributed by atoms with van der Waals surface area (Å²) in [6.07, 6.45) is 0.186. The van der Waals surface area contributed by atoms with Gasteiger partial charge in [-0.2, -0.15) is 0 Å². The van der Waals surface area contributed by atoms with E-state index in [9.17, 15) is 15.0 Å². The highest BCUT2D eigenvalue weighted by Gasteiger charge is 2.47. The summed E-state index contributed by atoms with van der Waals surface area (Å²) in [7, 11) is -2.37. The predicted octanol–water partition coefficient (Wildman–Crippen LogP) is 7.48. The van der Waals surface area contributed by atoms with Crippen LogP contribution in [-0.2, 0) is 11.0 Å². The van der Waals surface area contributed by atoms with Crippen LogP contribution in [0.5, 0.6) is 0 Å². The van der Waals surface area contributed by atoms with E-state index in [1.54, 1.807) is 6.07 Å². The molecule has 0 aliphatic carbocycles. The van der Waals surface area contributed by atoms with Crippen molar-refractivity contribution in [2.45, 2.75) is 71.0 Å². The molecule has 1 saturated heterocycles. The van der Waals surface area contributed by atoms with E-state index in [-0.39, 0.29) is 31.1 Å². The number of pyridine rings is 1. The third-order valence-electron chi connectivity index (χ3n) is 7.52. The quantitative estimate of drug-likeness (QED) is 0.133. The number of fused-ring (bicyclic) bond motifs is 1. The van der Waals surface area contributed by atoms with Crippen LogP contribution in [0, 0.1) is 11.7 Å². The van der Waals surface area contributed by atoms with Crippen molar-refractivity contribution in [2.24, 2.45) is 5.92 Å². The van der Waals surface area contributed by atoms with Gasteiger partial charge in [0.25, 0.3) is 0 Å². The van der Waals surface area contributed by atoms with Gasteiger partial charge >= 0.3 is 6.09 Å². The second-order valence-corrected chi connectivity index (χ2v) is 17.2. The van der Waals surface area contributed by atoms with E-state index in [1.807, 2.05) is 6.92 Å². The Labute approximate surface area is 230 Å². The molecule has 0 bridgehead atoms. The molecular formula is C24H33BrCl2FN3O4Si. The molecule has 2 aromatic rings. The topological polar surface area (TPSA) is 94.9 Å². The number of rotatable bonds is 6. The summed E-state index contributed by atoms with van der Waals surface area (Å²) in [4.78, 5) is 17.1. The molecule has 0 saturated carbocycles. The smallest absolute Gasteiger partial charge is 0.407 e. The van der Waals surface area contributed by atoms with E-state index < -0.39 is 32.6 Å². The zero-order valence-electron chi connectivity index (χ0n) is 21.3. The Kier molecular flexibility index (Phi) is 8.60. The SMILES string of the molecule is CC(Nc1c(CO)c(Cl)nc2c(F)c(Br)c(Cl)cc12)(O[Si](C)(C)C(C)(C)C)C1CCN(C(=O)O)CC1. The number of aliphatic hydroxyl groups excluding tert-OH is 1. The minimum atomic E-state index is -2.37. The lowest BCUT2D eigenvalue weighted by atomic mass is 9.87. The average Bonchev–Trinajstić information content (AvgIpc) is 2.77. The maximum absolute atomic E-state index is 15.2.